The molecule has 2 aromatic rings. The fourth-order valence-corrected chi connectivity index (χ4v) is 3.03. The summed E-state index contributed by atoms with van der Waals surface area (Å²) in [4.78, 5) is 18.5. The molecule has 0 atom stereocenters. The second kappa shape index (κ2) is 10.7. The number of anilines is 1. The van der Waals surface area contributed by atoms with Gasteiger partial charge in [-0.05, 0) is 41.9 Å². The first-order chi connectivity index (χ1) is 13.4. The van der Waals surface area contributed by atoms with E-state index in [4.69, 9.17) is 0 Å². The maximum absolute atomic E-state index is 12.4. The predicted octanol–water partition coefficient (Wildman–Crippen LogP) is 3.94. The highest BCUT2D eigenvalue weighted by Gasteiger charge is 2.09. The van der Waals surface area contributed by atoms with Gasteiger partial charge < -0.3 is 15.1 Å². The van der Waals surface area contributed by atoms with E-state index in [2.05, 4.69) is 77.5 Å². The monoisotopic (exact) mass is 382 g/mol. The zero-order chi connectivity index (χ0) is 20.5. The van der Waals surface area contributed by atoms with Gasteiger partial charge in [-0.2, -0.15) is 0 Å². The van der Waals surface area contributed by atoms with Gasteiger partial charge in [0.25, 0.3) is 0 Å². The lowest BCUT2D eigenvalue weighted by molar-refractivity contribution is 0.206. The Morgan fingerprint density at radius 3 is 1.82 bits per heavy atom. The maximum atomic E-state index is 12.4. The average Bonchev–Trinajstić information content (AvgIpc) is 2.71. The number of urea groups is 1. The van der Waals surface area contributed by atoms with Crippen LogP contribution in [0.2, 0.25) is 0 Å². The number of nitrogens with one attached hydrogen (secondary N) is 1. The van der Waals surface area contributed by atoms with E-state index in [1.807, 2.05) is 21.1 Å². The quantitative estimate of drug-likeness (QED) is 0.714. The summed E-state index contributed by atoms with van der Waals surface area (Å²) in [6.07, 6.45) is 0. The van der Waals surface area contributed by atoms with Crippen molar-refractivity contribution in [3.05, 3.63) is 65.2 Å². The van der Waals surface area contributed by atoms with Crippen LogP contribution in [0.1, 0.15) is 30.5 Å². The van der Waals surface area contributed by atoms with Crippen LogP contribution in [0.5, 0.6) is 0 Å². The van der Waals surface area contributed by atoms with E-state index in [-0.39, 0.29) is 6.03 Å². The van der Waals surface area contributed by atoms with E-state index in [1.54, 1.807) is 4.90 Å². The minimum absolute atomic E-state index is 0.0658. The molecular weight excluding hydrogens is 348 g/mol. The fourth-order valence-electron chi connectivity index (χ4n) is 3.03. The number of nitrogens with zero attached hydrogens (tertiary/aromatic N) is 3. The van der Waals surface area contributed by atoms with Crippen molar-refractivity contribution in [3.8, 4) is 0 Å². The van der Waals surface area contributed by atoms with Crippen molar-refractivity contribution >= 4 is 11.7 Å². The summed E-state index contributed by atoms with van der Waals surface area (Å²) >= 11 is 0. The van der Waals surface area contributed by atoms with Gasteiger partial charge in [0.05, 0.1) is 0 Å². The van der Waals surface area contributed by atoms with Gasteiger partial charge in [-0.1, -0.05) is 50.2 Å². The molecule has 0 fully saturated rings. The van der Waals surface area contributed by atoms with Crippen LogP contribution in [0.4, 0.5) is 10.5 Å². The smallest absolute Gasteiger partial charge is 0.317 e. The molecule has 0 radical (unpaired) electrons. The summed E-state index contributed by atoms with van der Waals surface area (Å²) in [7, 11) is 5.86. The number of hydrogen-bond donors (Lipinski definition) is 1. The van der Waals surface area contributed by atoms with Crippen LogP contribution in [-0.2, 0) is 19.6 Å². The Morgan fingerprint density at radius 1 is 0.786 bits per heavy atom. The van der Waals surface area contributed by atoms with Crippen molar-refractivity contribution < 1.29 is 4.79 Å². The summed E-state index contributed by atoms with van der Waals surface area (Å²) in [5.74, 6) is 0. The minimum Gasteiger partial charge on any atom is -0.378 e. The van der Waals surface area contributed by atoms with Crippen LogP contribution >= 0.6 is 0 Å². The minimum atomic E-state index is -0.0658. The number of benzene rings is 2. The molecule has 5 nitrogen and oxygen atoms in total. The summed E-state index contributed by atoms with van der Waals surface area (Å²) in [5.41, 5.74) is 4.68. The first-order valence-electron chi connectivity index (χ1n) is 9.98. The van der Waals surface area contributed by atoms with Gasteiger partial charge in [0, 0.05) is 46.5 Å². The lowest BCUT2D eigenvalue weighted by Crippen LogP contribution is -2.36. The Kier molecular flexibility index (Phi) is 8.33. The molecule has 0 unspecified atom stereocenters. The van der Waals surface area contributed by atoms with Crippen molar-refractivity contribution in [2.45, 2.75) is 33.5 Å². The Bertz CT molecular complexity index is 721. The van der Waals surface area contributed by atoms with Gasteiger partial charge in [0.2, 0.25) is 0 Å². The van der Waals surface area contributed by atoms with Crippen LogP contribution in [0.3, 0.4) is 0 Å². The largest absolute Gasteiger partial charge is 0.378 e. The zero-order valence-corrected chi connectivity index (χ0v) is 17.9. The molecule has 2 amide bonds. The first-order valence-corrected chi connectivity index (χ1v) is 9.98. The molecule has 0 saturated heterocycles. The fraction of sp³-hybridized carbons (Fsp3) is 0.435. The molecule has 28 heavy (non-hydrogen) atoms. The molecule has 5 heteroatoms. The molecular formula is C23H34N4O. The molecule has 0 aliphatic rings. The second-order valence-electron chi connectivity index (χ2n) is 7.35. The van der Waals surface area contributed by atoms with Crippen LogP contribution in [-0.4, -0.2) is 50.1 Å². The maximum Gasteiger partial charge on any atom is 0.317 e. The van der Waals surface area contributed by atoms with Gasteiger partial charge >= 0.3 is 6.03 Å². The molecule has 0 aliphatic heterocycles. The molecule has 0 aromatic heterocycles. The Balaban J connectivity index is 1.82. The van der Waals surface area contributed by atoms with Crippen LogP contribution in [0, 0.1) is 0 Å². The Morgan fingerprint density at radius 2 is 1.29 bits per heavy atom. The van der Waals surface area contributed by atoms with E-state index in [1.165, 1.54) is 5.56 Å². The molecule has 2 rings (SSSR count). The van der Waals surface area contributed by atoms with Gasteiger partial charge in [-0.25, -0.2) is 4.79 Å². The summed E-state index contributed by atoms with van der Waals surface area (Å²) < 4.78 is 0. The molecule has 1 N–H and O–H groups in total. The highest BCUT2D eigenvalue weighted by atomic mass is 16.2. The number of amides is 2. The van der Waals surface area contributed by atoms with Crippen LogP contribution < -0.4 is 10.2 Å². The van der Waals surface area contributed by atoms with Gasteiger partial charge in [-0.3, -0.25) is 4.90 Å². The van der Waals surface area contributed by atoms with Gasteiger partial charge in [-0.15, -0.1) is 0 Å². The molecule has 2 aromatic carbocycles. The third kappa shape index (κ3) is 6.57. The van der Waals surface area contributed by atoms with Gasteiger partial charge in [0.1, 0.15) is 0 Å². The highest BCUT2D eigenvalue weighted by Crippen LogP contribution is 2.13. The highest BCUT2D eigenvalue weighted by molar-refractivity contribution is 5.73. The zero-order valence-electron chi connectivity index (χ0n) is 17.9. The second-order valence-corrected chi connectivity index (χ2v) is 7.35. The SMILES string of the molecule is CCN(CC)Cc1ccc(CNC(=O)N(C)Cc2ccc(N(C)C)cc2)cc1. The standard InChI is InChI=1S/C23H34N4O/c1-6-27(7-2)18-21-10-8-19(9-11-21)16-24-23(28)26(5)17-20-12-14-22(15-13-20)25(3)4/h8-15H,6-7,16-18H2,1-5H3,(H,24,28). The van der Waals surface area contributed by atoms with Gasteiger partial charge in [0.15, 0.2) is 0 Å². The number of hydrogen-bond acceptors (Lipinski definition) is 3. The molecule has 0 aliphatic carbocycles. The van der Waals surface area contributed by atoms with E-state index in [0.29, 0.717) is 13.1 Å². The molecule has 0 saturated carbocycles. The average molecular weight is 383 g/mol. The number of carbonyl (C=O) groups excluding carboxylic acids is 1. The third-order valence-corrected chi connectivity index (χ3v) is 4.99. The van der Waals surface area contributed by atoms with Crippen molar-refractivity contribution in [1.82, 2.24) is 15.1 Å². The lowest BCUT2D eigenvalue weighted by atomic mass is 10.1. The predicted molar refractivity (Wildman–Crippen MR) is 118 cm³/mol. The van der Waals surface area contributed by atoms with Crippen molar-refractivity contribution in [3.63, 3.8) is 0 Å². The number of rotatable bonds is 9. The first kappa shape index (κ1) is 21.8. The molecule has 0 heterocycles. The van der Waals surface area contributed by atoms with Crippen LogP contribution in [0.15, 0.2) is 48.5 Å². The summed E-state index contributed by atoms with van der Waals surface area (Å²) in [6, 6.07) is 16.7. The van der Waals surface area contributed by atoms with Crippen LogP contribution in [0.25, 0.3) is 0 Å². The van der Waals surface area contributed by atoms with Crippen molar-refractivity contribution in [2.75, 3.05) is 39.1 Å². The molecule has 152 valence electrons. The van der Waals surface area contributed by atoms with Crippen molar-refractivity contribution in [1.29, 1.82) is 0 Å². The van der Waals surface area contributed by atoms with E-state index in [9.17, 15) is 4.79 Å². The Labute approximate surface area is 169 Å². The number of carbonyl (C=O) groups is 1. The van der Waals surface area contributed by atoms with E-state index < -0.39 is 0 Å². The molecule has 0 bridgehead atoms. The topological polar surface area (TPSA) is 38.8 Å². The lowest BCUT2D eigenvalue weighted by Gasteiger charge is -2.19. The Hall–Kier alpha value is -2.53. The third-order valence-electron chi connectivity index (χ3n) is 4.99. The molecule has 0 spiro atoms. The summed E-state index contributed by atoms with van der Waals surface area (Å²) in [5, 5.41) is 3.00. The van der Waals surface area contributed by atoms with E-state index >= 15 is 0 Å². The van der Waals surface area contributed by atoms with E-state index in [0.717, 1.165) is 36.4 Å². The normalized spacial score (nSPS) is 10.8. The van der Waals surface area contributed by atoms with Crippen molar-refractivity contribution in [2.24, 2.45) is 0 Å². The summed E-state index contributed by atoms with van der Waals surface area (Å²) in [6.45, 7) is 8.56.